The highest BCUT2D eigenvalue weighted by molar-refractivity contribution is 5.58. The maximum atomic E-state index is 9.42. The third kappa shape index (κ3) is 2.39. The predicted octanol–water partition coefficient (Wildman–Crippen LogP) is 3.29. The molecule has 1 aliphatic heterocycles. The highest BCUT2D eigenvalue weighted by atomic mass is 16.3. The highest BCUT2D eigenvalue weighted by Crippen LogP contribution is 2.36. The van der Waals surface area contributed by atoms with Gasteiger partial charge in [-0.2, -0.15) is 0 Å². The Kier molecular flexibility index (Phi) is 3.67. The van der Waals surface area contributed by atoms with E-state index in [0.29, 0.717) is 12.5 Å². The quantitative estimate of drug-likeness (QED) is 0.867. The zero-order valence-electron chi connectivity index (χ0n) is 12.0. The van der Waals surface area contributed by atoms with E-state index in [1.165, 1.54) is 16.8 Å². The predicted molar refractivity (Wildman–Crippen MR) is 77.2 cm³/mol. The van der Waals surface area contributed by atoms with E-state index in [2.05, 4.69) is 50.8 Å². The van der Waals surface area contributed by atoms with E-state index in [-0.39, 0.29) is 5.54 Å². The lowest BCUT2D eigenvalue weighted by atomic mass is 9.84. The molecule has 1 unspecified atom stereocenters. The van der Waals surface area contributed by atoms with Crippen LogP contribution in [-0.2, 0) is 0 Å². The summed E-state index contributed by atoms with van der Waals surface area (Å²) in [6.45, 7) is 10.2. The van der Waals surface area contributed by atoms with Gasteiger partial charge in [0.2, 0.25) is 0 Å². The Morgan fingerprint density at radius 1 is 1.33 bits per heavy atom. The van der Waals surface area contributed by atoms with Crippen LogP contribution in [-0.4, -0.2) is 23.8 Å². The molecule has 0 aromatic heterocycles. The van der Waals surface area contributed by atoms with Gasteiger partial charge in [0, 0.05) is 24.4 Å². The summed E-state index contributed by atoms with van der Waals surface area (Å²) in [5.41, 5.74) is 4.22. The molecule has 1 atom stereocenters. The summed E-state index contributed by atoms with van der Waals surface area (Å²) in [5, 5.41) is 9.42. The van der Waals surface area contributed by atoms with Gasteiger partial charge in [-0.05, 0) is 63.6 Å². The van der Waals surface area contributed by atoms with Gasteiger partial charge in [-0.1, -0.05) is 12.1 Å². The van der Waals surface area contributed by atoms with E-state index in [1.807, 2.05) is 0 Å². The highest BCUT2D eigenvalue weighted by Gasteiger charge is 2.34. The molecule has 0 spiro atoms. The van der Waals surface area contributed by atoms with Crippen LogP contribution < -0.4 is 4.90 Å². The van der Waals surface area contributed by atoms with Gasteiger partial charge in [-0.3, -0.25) is 0 Å². The second-order valence-electron chi connectivity index (χ2n) is 6.23. The Morgan fingerprint density at radius 2 is 2.06 bits per heavy atom. The third-order valence-electron chi connectivity index (χ3n) is 4.46. The summed E-state index contributed by atoms with van der Waals surface area (Å²) < 4.78 is 0. The molecule has 0 amide bonds. The van der Waals surface area contributed by atoms with Gasteiger partial charge in [0.05, 0.1) is 0 Å². The maximum absolute atomic E-state index is 9.42. The van der Waals surface area contributed by atoms with Gasteiger partial charge in [-0.15, -0.1) is 0 Å². The van der Waals surface area contributed by atoms with E-state index in [9.17, 15) is 5.11 Å². The molecule has 0 radical (unpaired) electrons. The molecule has 1 N–H and O–H groups in total. The SMILES string of the molecule is Cc1cccc(N2CC(CO)CCC2(C)C)c1C. The lowest BCUT2D eigenvalue weighted by Crippen LogP contribution is -2.51. The molecule has 2 heteroatoms. The number of nitrogens with zero attached hydrogens (tertiary/aromatic N) is 1. The van der Waals surface area contributed by atoms with Crippen LogP contribution >= 0.6 is 0 Å². The zero-order chi connectivity index (χ0) is 13.3. The molecular formula is C16H25NO. The lowest BCUT2D eigenvalue weighted by Gasteiger charge is -2.47. The fourth-order valence-electron chi connectivity index (χ4n) is 2.89. The lowest BCUT2D eigenvalue weighted by molar-refractivity contribution is 0.181. The van der Waals surface area contributed by atoms with Crippen LogP contribution in [0.25, 0.3) is 0 Å². The summed E-state index contributed by atoms with van der Waals surface area (Å²) in [6.07, 6.45) is 2.27. The van der Waals surface area contributed by atoms with Crippen molar-refractivity contribution in [3.05, 3.63) is 29.3 Å². The standard InChI is InChI=1S/C16H25NO/c1-12-6-5-7-15(13(12)2)17-10-14(11-18)8-9-16(17,3)4/h5-7,14,18H,8-11H2,1-4H3. The van der Waals surface area contributed by atoms with Gasteiger partial charge in [-0.25, -0.2) is 0 Å². The number of benzene rings is 1. The molecule has 0 saturated carbocycles. The van der Waals surface area contributed by atoms with Crippen LogP contribution in [0.2, 0.25) is 0 Å². The molecule has 1 saturated heterocycles. The molecule has 0 bridgehead atoms. The fourth-order valence-corrected chi connectivity index (χ4v) is 2.89. The summed E-state index contributed by atoms with van der Waals surface area (Å²) >= 11 is 0. The fraction of sp³-hybridized carbons (Fsp3) is 0.625. The van der Waals surface area contributed by atoms with Crippen LogP contribution in [0.5, 0.6) is 0 Å². The first-order valence-electron chi connectivity index (χ1n) is 6.90. The van der Waals surface area contributed by atoms with Crippen molar-refractivity contribution in [3.8, 4) is 0 Å². The summed E-state index contributed by atoms with van der Waals surface area (Å²) in [5.74, 6) is 0.415. The van der Waals surface area contributed by atoms with Crippen LogP contribution in [0, 0.1) is 19.8 Å². The van der Waals surface area contributed by atoms with Crippen molar-refractivity contribution in [2.75, 3.05) is 18.1 Å². The van der Waals surface area contributed by atoms with Gasteiger partial charge < -0.3 is 10.0 Å². The molecule has 1 aromatic carbocycles. The van der Waals surface area contributed by atoms with Crippen LogP contribution in [0.15, 0.2) is 18.2 Å². The first kappa shape index (κ1) is 13.4. The van der Waals surface area contributed by atoms with Crippen molar-refractivity contribution < 1.29 is 5.11 Å². The second-order valence-corrected chi connectivity index (χ2v) is 6.23. The number of aliphatic hydroxyl groups is 1. The first-order chi connectivity index (χ1) is 8.45. The van der Waals surface area contributed by atoms with Crippen molar-refractivity contribution in [2.24, 2.45) is 5.92 Å². The minimum atomic E-state index is 0.185. The molecular weight excluding hydrogens is 222 g/mol. The molecule has 1 heterocycles. The number of hydrogen-bond acceptors (Lipinski definition) is 2. The Labute approximate surface area is 111 Å². The summed E-state index contributed by atoms with van der Waals surface area (Å²) in [6, 6.07) is 6.51. The minimum absolute atomic E-state index is 0.185. The molecule has 100 valence electrons. The molecule has 1 fully saturated rings. The smallest absolute Gasteiger partial charge is 0.0476 e. The average Bonchev–Trinajstić information content (AvgIpc) is 2.33. The van der Waals surface area contributed by atoms with E-state index in [1.54, 1.807) is 0 Å². The van der Waals surface area contributed by atoms with Gasteiger partial charge >= 0.3 is 0 Å². The van der Waals surface area contributed by atoms with E-state index in [0.717, 1.165) is 19.4 Å². The molecule has 1 aliphatic rings. The molecule has 1 aromatic rings. The van der Waals surface area contributed by atoms with E-state index >= 15 is 0 Å². The third-order valence-corrected chi connectivity index (χ3v) is 4.46. The Morgan fingerprint density at radius 3 is 2.72 bits per heavy atom. The summed E-state index contributed by atoms with van der Waals surface area (Å²) in [7, 11) is 0. The topological polar surface area (TPSA) is 23.5 Å². The maximum Gasteiger partial charge on any atom is 0.0476 e. The van der Waals surface area contributed by atoms with Gasteiger partial charge in [0.25, 0.3) is 0 Å². The molecule has 2 rings (SSSR count). The number of rotatable bonds is 2. The first-order valence-corrected chi connectivity index (χ1v) is 6.90. The van der Waals surface area contributed by atoms with Gasteiger partial charge in [0.15, 0.2) is 0 Å². The number of anilines is 1. The zero-order valence-corrected chi connectivity index (χ0v) is 12.0. The Balaban J connectivity index is 2.36. The number of aryl methyl sites for hydroxylation is 1. The molecule has 18 heavy (non-hydrogen) atoms. The van der Waals surface area contributed by atoms with E-state index < -0.39 is 0 Å². The number of aliphatic hydroxyl groups excluding tert-OH is 1. The van der Waals surface area contributed by atoms with Crippen LogP contribution in [0.4, 0.5) is 5.69 Å². The molecule has 0 aliphatic carbocycles. The van der Waals surface area contributed by atoms with Crippen LogP contribution in [0.3, 0.4) is 0 Å². The van der Waals surface area contributed by atoms with Crippen molar-refractivity contribution >= 4 is 5.69 Å². The second kappa shape index (κ2) is 4.93. The van der Waals surface area contributed by atoms with Gasteiger partial charge in [0.1, 0.15) is 0 Å². The molecule has 2 nitrogen and oxygen atoms in total. The van der Waals surface area contributed by atoms with Crippen molar-refractivity contribution in [1.29, 1.82) is 0 Å². The monoisotopic (exact) mass is 247 g/mol. The average molecular weight is 247 g/mol. The number of hydrogen-bond donors (Lipinski definition) is 1. The Hall–Kier alpha value is -1.02. The van der Waals surface area contributed by atoms with Crippen molar-refractivity contribution in [1.82, 2.24) is 0 Å². The normalized spacial score (nSPS) is 23.2. The minimum Gasteiger partial charge on any atom is -0.396 e. The van der Waals surface area contributed by atoms with Crippen molar-refractivity contribution in [2.45, 2.75) is 46.1 Å². The Bertz CT molecular complexity index is 425. The van der Waals surface area contributed by atoms with E-state index in [4.69, 9.17) is 0 Å². The van der Waals surface area contributed by atoms with Crippen LogP contribution in [0.1, 0.15) is 37.8 Å². The number of piperidine rings is 1. The summed E-state index contributed by atoms with van der Waals surface area (Å²) in [4.78, 5) is 2.49. The largest absolute Gasteiger partial charge is 0.396 e. The van der Waals surface area contributed by atoms with Crippen molar-refractivity contribution in [3.63, 3.8) is 0 Å².